The Bertz CT molecular complexity index is 1160. The highest BCUT2D eigenvalue weighted by molar-refractivity contribution is 9.10. The van der Waals surface area contributed by atoms with Crippen LogP contribution in [0.15, 0.2) is 46.6 Å². The van der Waals surface area contributed by atoms with E-state index < -0.39 is 29.4 Å². The Labute approximate surface area is 195 Å². The predicted octanol–water partition coefficient (Wildman–Crippen LogP) is 3.31. The van der Waals surface area contributed by atoms with Crippen LogP contribution in [0, 0.1) is 10.1 Å². The van der Waals surface area contributed by atoms with Crippen LogP contribution in [0.4, 0.5) is 10.5 Å². The molecule has 0 unspecified atom stereocenters. The summed E-state index contributed by atoms with van der Waals surface area (Å²) in [7, 11) is 0. The highest BCUT2D eigenvalue weighted by Gasteiger charge is 2.35. The predicted molar refractivity (Wildman–Crippen MR) is 119 cm³/mol. The summed E-state index contributed by atoms with van der Waals surface area (Å²) in [6.07, 6.45) is 1.39. The number of amides is 3. The number of nitro groups is 1. The molecule has 1 aliphatic rings. The Morgan fingerprint density at radius 2 is 1.97 bits per heavy atom. The molecule has 0 saturated carbocycles. The van der Waals surface area contributed by atoms with Crippen molar-refractivity contribution in [3.05, 3.63) is 67.8 Å². The standard InChI is InChI=1S/C21H18BrN3O8/c1-2-32-17-8-13(7-16-20(28)24(10-19(26)27)21(29)23-16)15(22)9-18(17)33-11-12-4-3-5-14(6-12)25(30)31/h3-9H,2,10-11H2,1H3,(H,23,29)(H,26,27)/b16-7+. The molecule has 172 valence electrons. The first-order chi connectivity index (χ1) is 15.7. The van der Waals surface area contributed by atoms with E-state index in [0.717, 1.165) is 0 Å². The molecule has 2 aromatic carbocycles. The van der Waals surface area contributed by atoms with Gasteiger partial charge < -0.3 is 19.9 Å². The van der Waals surface area contributed by atoms with Crippen LogP contribution in [-0.2, 0) is 16.2 Å². The summed E-state index contributed by atoms with van der Waals surface area (Å²) in [6.45, 7) is 1.38. The monoisotopic (exact) mass is 519 g/mol. The lowest BCUT2D eigenvalue weighted by atomic mass is 10.1. The summed E-state index contributed by atoms with van der Waals surface area (Å²) in [4.78, 5) is 46.2. The molecule has 11 nitrogen and oxygen atoms in total. The number of aliphatic carboxylic acids is 1. The van der Waals surface area contributed by atoms with Crippen molar-refractivity contribution in [3.63, 3.8) is 0 Å². The van der Waals surface area contributed by atoms with Crippen molar-refractivity contribution < 1.29 is 33.9 Å². The van der Waals surface area contributed by atoms with Crippen molar-refractivity contribution in [1.29, 1.82) is 0 Å². The van der Waals surface area contributed by atoms with Gasteiger partial charge in [-0.05, 0) is 36.3 Å². The molecule has 1 heterocycles. The molecule has 0 radical (unpaired) electrons. The first-order valence-corrected chi connectivity index (χ1v) is 10.4. The van der Waals surface area contributed by atoms with Crippen molar-refractivity contribution >= 4 is 45.6 Å². The van der Waals surface area contributed by atoms with Gasteiger partial charge in [-0.3, -0.25) is 19.7 Å². The number of rotatable bonds is 9. The van der Waals surface area contributed by atoms with E-state index in [0.29, 0.717) is 38.6 Å². The van der Waals surface area contributed by atoms with Gasteiger partial charge in [0.2, 0.25) is 0 Å². The Morgan fingerprint density at radius 1 is 1.24 bits per heavy atom. The van der Waals surface area contributed by atoms with Gasteiger partial charge in [0.05, 0.1) is 11.5 Å². The maximum atomic E-state index is 12.4. The van der Waals surface area contributed by atoms with Gasteiger partial charge in [-0.15, -0.1) is 0 Å². The van der Waals surface area contributed by atoms with Crippen LogP contribution in [0.25, 0.3) is 6.08 Å². The second kappa shape index (κ2) is 10.1. The third kappa shape index (κ3) is 5.66. The van der Waals surface area contributed by atoms with Crippen LogP contribution in [0.5, 0.6) is 11.5 Å². The number of urea groups is 1. The van der Waals surface area contributed by atoms with Crippen molar-refractivity contribution in [2.24, 2.45) is 0 Å². The van der Waals surface area contributed by atoms with E-state index in [1.54, 1.807) is 31.2 Å². The number of carboxylic acid groups (broad SMARTS) is 1. The maximum absolute atomic E-state index is 12.4. The fourth-order valence-corrected chi connectivity index (χ4v) is 3.41. The van der Waals surface area contributed by atoms with E-state index in [1.165, 1.54) is 18.2 Å². The molecule has 3 amide bonds. The van der Waals surface area contributed by atoms with Gasteiger partial charge in [-0.2, -0.15) is 0 Å². The zero-order chi connectivity index (χ0) is 24.1. The number of ether oxygens (including phenoxy) is 2. The molecule has 2 aromatic rings. The molecule has 1 fully saturated rings. The fraction of sp³-hybridized carbons (Fsp3) is 0.190. The highest BCUT2D eigenvalue weighted by Crippen LogP contribution is 2.36. The first kappa shape index (κ1) is 23.7. The molecule has 12 heteroatoms. The quantitative estimate of drug-likeness (QED) is 0.222. The smallest absolute Gasteiger partial charge is 0.329 e. The number of carboxylic acids is 1. The molecular formula is C21H18BrN3O8. The van der Waals surface area contributed by atoms with E-state index >= 15 is 0 Å². The lowest BCUT2D eigenvalue weighted by molar-refractivity contribution is -0.384. The van der Waals surface area contributed by atoms with Gasteiger partial charge in [-0.1, -0.05) is 28.1 Å². The van der Waals surface area contributed by atoms with Crippen molar-refractivity contribution in [2.45, 2.75) is 13.5 Å². The molecular weight excluding hydrogens is 502 g/mol. The number of benzene rings is 2. The van der Waals surface area contributed by atoms with Crippen LogP contribution in [0.3, 0.4) is 0 Å². The van der Waals surface area contributed by atoms with Crippen LogP contribution in [0.2, 0.25) is 0 Å². The third-order valence-electron chi connectivity index (χ3n) is 4.43. The summed E-state index contributed by atoms with van der Waals surface area (Å²) in [5, 5.41) is 22.2. The average molecular weight is 520 g/mol. The molecule has 1 aliphatic heterocycles. The number of non-ortho nitro benzene ring substituents is 1. The van der Waals surface area contributed by atoms with Crippen LogP contribution in [-0.4, -0.2) is 46.0 Å². The zero-order valence-corrected chi connectivity index (χ0v) is 18.8. The number of hydrogen-bond donors (Lipinski definition) is 2. The van der Waals surface area contributed by atoms with Crippen LogP contribution < -0.4 is 14.8 Å². The third-order valence-corrected chi connectivity index (χ3v) is 5.12. The number of nitrogens with zero attached hydrogens (tertiary/aromatic N) is 2. The summed E-state index contributed by atoms with van der Waals surface area (Å²) in [5.74, 6) is -1.38. The number of imide groups is 1. The molecule has 0 bridgehead atoms. The Hall–Kier alpha value is -3.93. The fourth-order valence-electron chi connectivity index (χ4n) is 2.97. The van der Waals surface area contributed by atoms with Crippen molar-refractivity contribution in [2.75, 3.05) is 13.2 Å². The number of carbonyl (C=O) groups excluding carboxylic acids is 2. The van der Waals surface area contributed by atoms with E-state index in [2.05, 4.69) is 21.2 Å². The minimum Gasteiger partial charge on any atom is -0.490 e. The van der Waals surface area contributed by atoms with Gasteiger partial charge >= 0.3 is 12.0 Å². The minimum atomic E-state index is -1.31. The zero-order valence-electron chi connectivity index (χ0n) is 17.2. The number of hydrogen-bond acceptors (Lipinski definition) is 7. The first-order valence-electron chi connectivity index (χ1n) is 9.58. The summed E-state index contributed by atoms with van der Waals surface area (Å²) >= 11 is 3.39. The Balaban J connectivity index is 1.85. The van der Waals surface area contributed by atoms with E-state index in [4.69, 9.17) is 14.6 Å². The second-order valence-corrected chi connectivity index (χ2v) is 7.60. The molecule has 33 heavy (non-hydrogen) atoms. The SMILES string of the molecule is CCOc1cc(/C=C2/NC(=O)N(CC(=O)O)C2=O)c(Br)cc1OCc1cccc([N+](=O)[O-])c1. The summed E-state index contributed by atoms with van der Waals surface area (Å²) in [5.41, 5.74) is 0.924. The molecule has 0 aromatic heterocycles. The van der Waals surface area contributed by atoms with Crippen molar-refractivity contribution in [3.8, 4) is 11.5 Å². The van der Waals surface area contributed by atoms with Gasteiger partial charge in [0.1, 0.15) is 18.8 Å². The number of carbonyl (C=O) groups is 3. The number of halogens is 1. The largest absolute Gasteiger partial charge is 0.490 e. The molecule has 0 aliphatic carbocycles. The number of nitro benzene ring substituents is 1. The van der Waals surface area contributed by atoms with Gasteiger partial charge in [0, 0.05) is 16.6 Å². The van der Waals surface area contributed by atoms with Gasteiger partial charge in [0.25, 0.3) is 11.6 Å². The summed E-state index contributed by atoms with van der Waals surface area (Å²) in [6, 6.07) is 8.41. The minimum absolute atomic E-state index is 0.0489. The molecule has 0 atom stereocenters. The highest BCUT2D eigenvalue weighted by atomic mass is 79.9. The van der Waals surface area contributed by atoms with Gasteiger partial charge in [0.15, 0.2) is 11.5 Å². The van der Waals surface area contributed by atoms with Crippen molar-refractivity contribution in [1.82, 2.24) is 10.2 Å². The topological polar surface area (TPSA) is 148 Å². The van der Waals surface area contributed by atoms with Crippen LogP contribution in [0.1, 0.15) is 18.1 Å². The maximum Gasteiger partial charge on any atom is 0.329 e. The number of nitrogens with one attached hydrogen (secondary N) is 1. The van der Waals surface area contributed by atoms with E-state index in [-0.39, 0.29) is 18.0 Å². The van der Waals surface area contributed by atoms with Crippen LogP contribution >= 0.6 is 15.9 Å². The molecule has 1 saturated heterocycles. The molecule has 3 rings (SSSR count). The lowest BCUT2D eigenvalue weighted by Crippen LogP contribution is -2.35. The second-order valence-electron chi connectivity index (χ2n) is 6.74. The average Bonchev–Trinajstić information content (AvgIpc) is 3.02. The Kier molecular flexibility index (Phi) is 7.28. The Morgan fingerprint density at radius 3 is 2.64 bits per heavy atom. The van der Waals surface area contributed by atoms with E-state index in [9.17, 15) is 24.5 Å². The lowest BCUT2D eigenvalue weighted by Gasteiger charge is -2.14. The normalized spacial score (nSPS) is 14.4. The summed E-state index contributed by atoms with van der Waals surface area (Å²) < 4.78 is 11.9. The van der Waals surface area contributed by atoms with E-state index in [1.807, 2.05) is 0 Å². The van der Waals surface area contributed by atoms with Gasteiger partial charge in [-0.25, -0.2) is 9.69 Å². The molecule has 0 spiro atoms. The molecule has 2 N–H and O–H groups in total.